The van der Waals surface area contributed by atoms with Crippen LogP contribution in [0, 0.1) is 12.7 Å². The van der Waals surface area contributed by atoms with Gasteiger partial charge in [-0.25, -0.2) is 4.39 Å². The zero-order chi connectivity index (χ0) is 19.9. The first-order valence-corrected chi connectivity index (χ1v) is 9.66. The van der Waals surface area contributed by atoms with Crippen LogP contribution in [0.25, 0.3) is 0 Å². The second-order valence-corrected chi connectivity index (χ2v) is 7.19. The summed E-state index contributed by atoms with van der Waals surface area (Å²) < 4.78 is 13.0. The highest BCUT2D eigenvalue weighted by atomic mass is 19.1. The number of nitrogens with zero attached hydrogens (tertiary/aromatic N) is 2. The summed E-state index contributed by atoms with van der Waals surface area (Å²) in [5.74, 6) is -0.570. The molecular weight excluding hydrogens is 357 g/mol. The molecule has 1 saturated heterocycles. The lowest BCUT2D eigenvalue weighted by Crippen LogP contribution is -2.45. The SMILES string of the molecule is Cc1ccc(N(CC(=O)Nc2ccc(F)cc2)CC(=O)N2CCCCC2)cc1. The molecule has 28 heavy (non-hydrogen) atoms. The molecule has 0 bridgehead atoms. The van der Waals surface area contributed by atoms with Crippen molar-refractivity contribution in [3.05, 3.63) is 59.9 Å². The second kappa shape index (κ2) is 9.35. The first-order chi connectivity index (χ1) is 13.5. The molecule has 1 heterocycles. The number of carbonyl (C=O) groups is 2. The monoisotopic (exact) mass is 383 g/mol. The number of nitrogens with one attached hydrogen (secondary N) is 1. The lowest BCUT2D eigenvalue weighted by Gasteiger charge is -2.30. The van der Waals surface area contributed by atoms with Gasteiger partial charge in [-0.3, -0.25) is 9.59 Å². The van der Waals surface area contributed by atoms with Crippen LogP contribution in [0.4, 0.5) is 15.8 Å². The van der Waals surface area contributed by atoms with Crippen molar-refractivity contribution < 1.29 is 14.0 Å². The number of carbonyl (C=O) groups excluding carboxylic acids is 2. The number of likely N-dealkylation sites (tertiary alicyclic amines) is 1. The molecule has 0 saturated carbocycles. The van der Waals surface area contributed by atoms with Gasteiger partial charge in [0.1, 0.15) is 5.82 Å². The summed E-state index contributed by atoms with van der Waals surface area (Å²) in [7, 11) is 0. The summed E-state index contributed by atoms with van der Waals surface area (Å²) in [5.41, 5.74) is 2.46. The Balaban J connectivity index is 1.69. The van der Waals surface area contributed by atoms with Crippen molar-refractivity contribution in [2.75, 3.05) is 36.4 Å². The number of piperidine rings is 1. The van der Waals surface area contributed by atoms with Crippen molar-refractivity contribution in [2.24, 2.45) is 0 Å². The van der Waals surface area contributed by atoms with Gasteiger partial charge < -0.3 is 15.1 Å². The third kappa shape index (κ3) is 5.55. The third-order valence-corrected chi connectivity index (χ3v) is 4.90. The fourth-order valence-corrected chi connectivity index (χ4v) is 3.31. The molecule has 0 aromatic heterocycles. The van der Waals surface area contributed by atoms with Gasteiger partial charge in [-0.1, -0.05) is 17.7 Å². The summed E-state index contributed by atoms with van der Waals surface area (Å²) in [4.78, 5) is 28.9. The van der Waals surface area contributed by atoms with E-state index in [0.29, 0.717) is 5.69 Å². The molecule has 3 rings (SSSR count). The summed E-state index contributed by atoms with van der Waals surface area (Å²) in [5, 5.41) is 2.76. The fourth-order valence-electron chi connectivity index (χ4n) is 3.31. The Bertz CT molecular complexity index is 800. The van der Waals surface area contributed by atoms with Gasteiger partial charge in [0.2, 0.25) is 11.8 Å². The van der Waals surface area contributed by atoms with Crippen molar-refractivity contribution in [2.45, 2.75) is 26.2 Å². The maximum Gasteiger partial charge on any atom is 0.243 e. The largest absolute Gasteiger partial charge is 0.353 e. The Morgan fingerprint density at radius 1 is 0.964 bits per heavy atom. The number of hydrogen-bond acceptors (Lipinski definition) is 3. The summed E-state index contributed by atoms with van der Waals surface area (Å²) in [6.45, 7) is 3.75. The first-order valence-electron chi connectivity index (χ1n) is 9.66. The van der Waals surface area contributed by atoms with Crippen LogP contribution in [0.5, 0.6) is 0 Å². The number of benzene rings is 2. The van der Waals surface area contributed by atoms with Gasteiger partial charge in [0.25, 0.3) is 0 Å². The van der Waals surface area contributed by atoms with Crippen molar-refractivity contribution in [3.8, 4) is 0 Å². The lowest BCUT2D eigenvalue weighted by atomic mass is 10.1. The van der Waals surface area contributed by atoms with E-state index in [0.717, 1.165) is 43.6 Å². The number of anilines is 2. The van der Waals surface area contributed by atoms with E-state index < -0.39 is 0 Å². The molecule has 6 heteroatoms. The highest BCUT2D eigenvalue weighted by molar-refractivity contribution is 5.95. The smallest absolute Gasteiger partial charge is 0.243 e. The number of amides is 2. The standard InChI is InChI=1S/C22H26FN3O2/c1-17-5-11-20(12-6-17)26(16-22(28)25-13-3-2-4-14-25)15-21(27)24-19-9-7-18(23)8-10-19/h5-12H,2-4,13-16H2,1H3,(H,24,27). The zero-order valence-electron chi connectivity index (χ0n) is 16.2. The van der Waals surface area contributed by atoms with Gasteiger partial charge in [-0.15, -0.1) is 0 Å². The van der Waals surface area contributed by atoms with Crippen LogP contribution in [0.2, 0.25) is 0 Å². The van der Waals surface area contributed by atoms with E-state index in [4.69, 9.17) is 0 Å². The van der Waals surface area contributed by atoms with Crippen LogP contribution < -0.4 is 10.2 Å². The molecule has 148 valence electrons. The molecule has 0 spiro atoms. The molecule has 2 aromatic rings. The molecule has 0 unspecified atom stereocenters. The van der Waals surface area contributed by atoms with E-state index in [-0.39, 0.29) is 30.7 Å². The van der Waals surface area contributed by atoms with Crippen LogP contribution in [0.1, 0.15) is 24.8 Å². The number of aryl methyl sites for hydroxylation is 1. The van der Waals surface area contributed by atoms with E-state index in [1.165, 1.54) is 24.3 Å². The van der Waals surface area contributed by atoms with Crippen molar-refractivity contribution in [1.82, 2.24) is 4.90 Å². The van der Waals surface area contributed by atoms with E-state index in [1.54, 1.807) is 4.90 Å². The van der Waals surface area contributed by atoms with E-state index in [9.17, 15) is 14.0 Å². The molecule has 1 N–H and O–H groups in total. The molecule has 2 amide bonds. The van der Waals surface area contributed by atoms with Crippen LogP contribution >= 0.6 is 0 Å². The Kier molecular flexibility index (Phi) is 6.63. The summed E-state index contributed by atoms with van der Waals surface area (Å²) in [6, 6.07) is 13.4. The highest BCUT2D eigenvalue weighted by Crippen LogP contribution is 2.17. The Labute approximate surface area is 165 Å². The van der Waals surface area contributed by atoms with Crippen LogP contribution in [0.15, 0.2) is 48.5 Å². The summed E-state index contributed by atoms with van der Waals surface area (Å²) >= 11 is 0. The summed E-state index contributed by atoms with van der Waals surface area (Å²) in [6.07, 6.45) is 3.22. The Morgan fingerprint density at radius 3 is 2.25 bits per heavy atom. The van der Waals surface area contributed by atoms with Gasteiger partial charge >= 0.3 is 0 Å². The predicted octanol–water partition coefficient (Wildman–Crippen LogP) is 3.59. The molecule has 5 nitrogen and oxygen atoms in total. The number of halogens is 1. The highest BCUT2D eigenvalue weighted by Gasteiger charge is 2.21. The molecule has 1 aliphatic heterocycles. The molecule has 0 atom stereocenters. The van der Waals surface area contributed by atoms with Crippen LogP contribution in [-0.2, 0) is 9.59 Å². The Hall–Kier alpha value is -2.89. The molecule has 1 aliphatic rings. The maximum absolute atomic E-state index is 13.0. The second-order valence-electron chi connectivity index (χ2n) is 7.19. The Morgan fingerprint density at radius 2 is 1.61 bits per heavy atom. The molecule has 1 fully saturated rings. The quantitative estimate of drug-likeness (QED) is 0.829. The van der Waals surface area contributed by atoms with Crippen molar-refractivity contribution in [3.63, 3.8) is 0 Å². The minimum Gasteiger partial charge on any atom is -0.353 e. The van der Waals surface area contributed by atoms with Crippen molar-refractivity contribution in [1.29, 1.82) is 0 Å². The molecule has 0 radical (unpaired) electrons. The average Bonchev–Trinajstić information content (AvgIpc) is 2.70. The first kappa shape index (κ1) is 19.9. The van der Waals surface area contributed by atoms with Gasteiger partial charge in [-0.2, -0.15) is 0 Å². The zero-order valence-corrected chi connectivity index (χ0v) is 16.2. The predicted molar refractivity (Wildman–Crippen MR) is 109 cm³/mol. The van der Waals surface area contributed by atoms with Gasteiger partial charge in [-0.05, 0) is 62.6 Å². The maximum atomic E-state index is 13.0. The molecular formula is C22H26FN3O2. The minimum absolute atomic E-state index is 0.0369. The van der Waals surface area contributed by atoms with E-state index >= 15 is 0 Å². The number of rotatable bonds is 6. The van der Waals surface area contributed by atoms with E-state index in [2.05, 4.69) is 5.32 Å². The van der Waals surface area contributed by atoms with Crippen molar-refractivity contribution >= 4 is 23.2 Å². The molecule has 2 aromatic carbocycles. The fraction of sp³-hybridized carbons (Fsp3) is 0.364. The van der Waals surface area contributed by atoms with Crippen LogP contribution in [-0.4, -0.2) is 42.9 Å². The normalized spacial score (nSPS) is 13.9. The lowest BCUT2D eigenvalue weighted by molar-refractivity contribution is -0.130. The molecule has 0 aliphatic carbocycles. The third-order valence-electron chi connectivity index (χ3n) is 4.90. The minimum atomic E-state index is -0.355. The average molecular weight is 383 g/mol. The van der Waals surface area contributed by atoms with Gasteiger partial charge in [0, 0.05) is 24.5 Å². The van der Waals surface area contributed by atoms with E-state index in [1.807, 2.05) is 36.1 Å². The topological polar surface area (TPSA) is 52.7 Å². The van der Waals surface area contributed by atoms with Gasteiger partial charge in [0.15, 0.2) is 0 Å². The van der Waals surface area contributed by atoms with Crippen LogP contribution in [0.3, 0.4) is 0 Å². The number of hydrogen-bond donors (Lipinski definition) is 1. The van der Waals surface area contributed by atoms with Gasteiger partial charge in [0.05, 0.1) is 13.1 Å².